The molecule has 0 aromatic heterocycles. The van der Waals surface area contributed by atoms with Gasteiger partial charge in [0.2, 0.25) is 0 Å². The highest BCUT2D eigenvalue weighted by Gasteiger charge is 2.36. The van der Waals surface area contributed by atoms with Gasteiger partial charge in [-0.25, -0.2) is 0 Å². The fourth-order valence-electron chi connectivity index (χ4n) is 3.34. The van der Waals surface area contributed by atoms with E-state index in [1.165, 1.54) is 0 Å². The van der Waals surface area contributed by atoms with Crippen LogP contribution >= 0.6 is 0 Å². The zero-order chi connectivity index (χ0) is 19.4. The minimum absolute atomic E-state index is 0.127. The van der Waals surface area contributed by atoms with Crippen molar-refractivity contribution in [3.63, 3.8) is 0 Å². The van der Waals surface area contributed by atoms with Gasteiger partial charge < -0.3 is 19.5 Å². The monoisotopic (exact) mass is 369 g/mol. The first-order chi connectivity index (χ1) is 12.9. The van der Waals surface area contributed by atoms with Gasteiger partial charge in [-0.15, -0.1) is 0 Å². The average Bonchev–Trinajstić information content (AvgIpc) is 2.65. The maximum Gasteiger partial charge on any atom is 0.261 e. The van der Waals surface area contributed by atoms with Crippen LogP contribution in [0, 0.1) is 0 Å². The molecule has 5 heteroatoms. The minimum atomic E-state index is -0.549. The number of nitrogens with one attached hydrogen (secondary N) is 1. The lowest BCUT2D eigenvalue weighted by molar-refractivity contribution is -0.129. The van der Waals surface area contributed by atoms with E-state index < -0.39 is 6.10 Å². The topological polar surface area (TPSA) is 56.8 Å². The molecule has 5 nitrogen and oxygen atoms in total. The number of benzene rings is 2. The third kappa shape index (κ3) is 4.54. The van der Waals surface area contributed by atoms with E-state index in [0.29, 0.717) is 18.6 Å². The van der Waals surface area contributed by atoms with Crippen molar-refractivity contribution in [2.24, 2.45) is 0 Å². The third-order valence-corrected chi connectivity index (χ3v) is 4.68. The number of carbonyl (C=O) groups excluding carboxylic acids is 1. The van der Waals surface area contributed by atoms with Gasteiger partial charge in [-0.3, -0.25) is 4.79 Å². The summed E-state index contributed by atoms with van der Waals surface area (Å²) in [5, 5.41) is 3.15. The van der Waals surface area contributed by atoms with E-state index in [4.69, 9.17) is 14.2 Å². The number of hydrogen-bond donors (Lipinski definition) is 1. The van der Waals surface area contributed by atoms with Gasteiger partial charge in [0, 0.05) is 12.0 Å². The van der Waals surface area contributed by atoms with Crippen LogP contribution in [0.5, 0.6) is 17.2 Å². The van der Waals surface area contributed by atoms with Crippen molar-refractivity contribution in [1.82, 2.24) is 5.32 Å². The molecule has 0 unspecified atom stereocenters. The number of rotatable bonds is 6. The van der Waals surface area contributed by atoms with Gasteiger partial charge in [-0.2, -0.15) is 0 Å². The van der Waals surface area contributed by atoms with Crippen LogP contribution in [0.2, 0.25) is 0 Å². The van der Waals surface area contributed by atoms with E-state index >= 15 is 0 Å². The Hall–Kier alpha value is -2.69. The second kappa shape index (κ2) is 7.91. The molecule has 144 valence electrons. The Kier molecular flexibility index (Phi) is 5.59. The van der Waals surface area contributed by atoms with Gasteiger partial charge in [0.25, 0.3) is 5.91 Å². The van der Waals surface area contributed by atoms with E-state index in [-0.39, 0.29) is 17.6 Å². The quantitative estimate of drug-likeness (QED) is 0.826. The molecular formula is C22H27NO4. The smallest absolute Gasteiger partial charge is 0.261 e. The van der Waals surface area contributed by atoms with Gasteiger partial charge in [0.15, 0.2) is 6.10 Å². The molecule has 1 aliphatic heterocycles. The number of amides is 1. The Labute approximate surface area is 160 Å². The Balaban J connectivity index is 1.80. The van der Waals surface area contributed by atoms with Crippen LogP contribution in [0.25, 0.3) is 0 Å². The molecule has 0 fully saturated rings. The Morgan fingerprint density at radius 1 is 1.22 bits per heavy atom. The number of methoxy groups -OCH3 is 1. The van der Waals surface area contributed by atoms with Crippen molar-refractivity contribution < 1.29 is 19.0 Å². The number of ether oxygens (including phenoxy) is 3. The van der Waals surface area contributed by atoms with Crippen LogP contribution in [0.1, 0.15) is 45.2 Å². The summed E-state index contributed by atoms with van der Waals surface area (Å²) in [6, 6.07) is 14.9. The zero-order valence-electron chi connectivity index (χ0n) is 16.3. The van der Waals surface area contributed by atoms with E-state index in [1.807, 2.05) is 69.3 Å². The maximum atomic E-state index is 12.9. The van der Waals surface area contributed by atoms with Crippen LogP contribution in [0.3, 0.4) is 0 Å². The lowest BCUT2D eigenvalue weighted by Crippen LogP contribution is -2.45. The third-order valence-electron chi connectivity index (χ3n) is 4.68. The van der Waals surface area contributed by atoms with Crippen LogP contribution < -0.4 is 19.5 Å². The van der Waals surface area contributed by atoms with E-state index in [0.717, 1.165) is 17.1 Å². The van der Waals surface area contributed by atoms with Gasteiger partial charge >= 0.3 is 0 Å². The highest BCUT2D eigenvalue weighted by Crippen LogP contribution is 2.41. The average molecular weight is 369 g/mol. The lowest BCUT2D eigenvalue weighted by atomic mass is 9.89. The van der Waals surface area contributed by atoms with E-state index in [9.17, 15) is 4.79 Å². The minimum Gasteiger partial charge on any atom is -0.497 e. The molecule has 0 radical (unpaired) electrons. The van der Waals surface area contributed by atoms with Gasteiger partial charge in [-0.1, -0.05) is 25.1 Å². The van der Waals surface area contributed by atoms with Crippen molar-refractivity contribution in [1.29, 1.82) is 0 Å². The lowest BCUT2D eigenvalue weighted by Gasteiger charge is -2.38. The van der Waals surface area contributed by atoms with E-state index in [1.54, 1.807) is 7.11 Å². The van der Waals surface area contributed by atoms with E-state index in [2.05, 4.69) is 5.32 Å². The molecule has 1 amide bonds. The largest absolute Gasteiger partial charge is 0.497 e. The second-order valence-corrected chi connectivity index (χ2v) is 7.36. The normalized spacial score (nSPS) is 18.6. The molecule has 2 atom stereocenters. The zero-order valence-corrected chi connectivity index (χ0v) is 16.3. The summed E-state index contributed by atoms with van der Waals surface area (Å²) in [5.41, 5.74) is 0.554. The SMILES string of the molecule is CC[C@H](Oc1ccccc1)C(=O)N[C@@H]1CC(C)(C)Oc2ccc(OC)cc21. The predicted molar refractivity (Wildman–Crippen MR) is 104 cm³/mol. The van der Waals surface area contributed by atoms with Gasteiger partial charge in [-0.05, 0) is 50.6 Å². The number of carbonyl (C=O) groups is 1. The predicted octanol–water partition coefficient (Wildman–Crippen LogP) is 4.27. The van der Waals surface area contributed by atoms with Crippen LogP contribution in [0.15, 0.2) is 48.5 Å². The molecule has 2 aromatic carbocycles. The first-order valence-electron chi connectivity index (χ1n) is 9.31. The molecule has 0 bridgehead atoms. The summed E-state index contributed by atoms with van der Waals surface area (Å²) in [5.74, 6) is 2.07. The molecule has 0 saturated carbocycles. The van der Waals surface area contributed by atoms with Crippen molar-refractivity contribution in [3.8, 4) is 17.2 Å². The summed E-state index contributed by atoms with van der Waals surface area (Å²) in [6.07, 6.45) is 0.700. The highest BCUT2D eigenvalue weighted by atomic mass is 16.5. The molecule has 0 saturated heterocycles. The van der Waals surface area contributed by atoms with Crippen molar-refractivity contribution in [2.45, 2.75) is 51.4 Å². The first-order valence-corrected chi connectivity index (χ1v) is 9.31. The molecule has 1 aliphatic rings. The Morgan fingerprint density at radius 3 is 2.63 bits per heavy atom. The molecule has 1 heterocycles. The maximum absolute atomic E-state index is 12.9. The molecular weight excluding hydrogens is 342 g/mol. The standard InChI is InChI=1S/C22H27NO4/c1-5-19(26-15-9-7-6-8-10-15)21(24)23-18-14-22(2,3)27-20-12-11-16(25-4)13-17(18)20/h6-13,18-19H,5,14H2,1-4H3,(H,23,24)/t18-,19+/m1/s1. The highest BCUT2D eigenvalue weighted by molar-refractivity contribution is 5.81. The van der Waals surface area contributed by atoms with Crippen LogP contribution in [-0.2, 0) is 4.79 Å². The number of hydrogen-bond acceptors (Lipinski definition) is 4. The first kappa shape index (κ1) is 19.1. The molecule has 3 rings (SSSR count). The summed E-state index contributed by atoms with van der Waals surface area (Å²) < 4.78 is 17.3. The summed E-state index contributed by atoms with van der Waals surface area (Å²) in [7, 11) is 1.63. The molecule has 0 aliphatic carbocycles. The molecule has 2 aromatic rings. The van der Waals surface area contributed by atoms with Gasteiger partial charge in [0.1, 0.15) is 22.8 Å². The molecule has 27 heavy (non-hydrogen) atoms. The summed E-state index contributed by atoms with van der Waals surface area (Å²) in [4.78, 5) is 12.9. The number of para-hydroxylation sites is 1. The summed E-state index contributed by atoms with van der Waals surface area (Å²) >= 11 is 0. The fourth-order valence-corrected chi connectivity index (χ4v) is 3.34. The second-order valence-electron chi connectivity index (χ2n) is 7.36. The number of fused-ring (bicyclic) bond motifs is 1. The van der Waals surface area contributed by atoms with Crippen molar-refractivity contribution in [2.75, 3.05) is 7.11 Å². The fraction of sp³-hybridized carbons (Fsp3) is 0.409. The summed E-state index contributed by atoms with van der Waals surface area (Å²) in [6.45, 7) is 5.99. The van der Waals surface area contributed by atoms with Crippen molar-refractivity contribution in [3.05, 3.63) is 54.1 Å². The molecule has 0 spiro atoms. The van der Waals surface area contributed by atoms with Crippen molar-refractivity contribution >= 4 is 5.91 Å². The van der Waals surface area contributed by atoms with Crippen LogP contribution in [0.4, 0.5) is 0 Å². The van der Waals surface area contributed by atoms with Crippen LogP contribution in [-0.4, -0.2) is 24.7 Å². The Morgan fingerprint density at radius 2 is 1.96 bits per heavy atom. The molecule has 1 N–H and O–H groups in total. The van der Waals surface area contributed by atoms with Gasteiger partial charge in [0.05, 0.1) is 13.2 Å². The Bertz CT molecular complexity index is 788.